The Morgan fingerprint density at radius 2 is 1.70 bits per heavy atom. The predicted molar refractivity (Wildman–Crippen MR) is 147 cm³/mol. The lowest BCUT2D eigenvalue weighted by Crippen LogP contribution is -2.31. The molecule has 1 aliphatic heterocycles. The number of aromatic hydroxyl groups is 1. The van der Waals surface area contributed by atoms with E-state index in [1.54, 1.807) is 6.07 Å². The maximum atomic E-state index is 13.4. The van der Waals surface area contributed by atoms with Crippen molar-refractivity contribution < 1.29 is 9.90 Å². The SMILES string of the molecule is O=C(N=Nc1c(O)n(CN2CCCCC2)c2ccccc12)c1[nH]c2ccc(Cl)cc2c1-c1ccccc1. The summed E-state index contributed by atoms with van der Waals surface area (Å²) in [7, 11) is 0. The number of halogens is 1. The number of carbonyl (C=O) groups excluding carboxylic acids is 1. The van der Waals surface area contributed by atoms with Crippen LogP contribution in [0.1, 0.15) is 29.8 Å². The van der Waals surface area contributed by atoms with E-state index in [0.717, 1.165) is 58.9 Å². The molecule has 186 valence electrons. The van der Waals surface area contributed by atoms with Gasteiger partial charge in [0.2, 0.25) is 5.88 Å². The Morgan fingerprint density at radius 1 is 0.946 bits per heavy atom. The lowest BCUT2D eigenvalue weighted by molar-refractivity contribution is 0.0991. The minimum atomic E-state index is -0.529. The van der Waals surface area contributed by atoms with E-state index >= 15 is 0 Å². The standard InChI is InChI=1S/C29H26ClN5O2/c30-20-13-14-23-22(17-20)25(19-9-3-1-4-10-19)27(31-23)28(36)33-32-26-21-11-5-6-12-24(21)35(29(26)37)18-34-15-7-2-8-16-34/h1,3-6,9-14,17,31,37H,2,7-8,15-16,18H2. The van der Waals surface area contributed by atoms with Crippen LogP contribution in [0.25, 0.3) is 32.9 Å². The second-order valence-electron chi connectivity index (χ2n) is 9.37. The Morgan fingerprint density at radius 3 is 2.51 bits per heavy atom. The highest BCUT2D eigenvalue weighted by atomic mass is 35.5. The zero-order chi connectivity index (χ0) is 25.4. The first kappa shape index (κ1) is 23.5. The van der Waals surface area contributed by atoms with Crippen LogP contribution in [0.3, 0.4) is 0 Å². The van der Waals surface area contributed by atoms with Gasteiger partial charge in [0.25, 0.3) is 0 Å². The van der Waals surface area contributed by atoms with Gasteiger partial charge in [-0.3, -0.25) is 14.3 Å². The molecule has 1 aliphatic rings. The van der Waals surface area contributed by atoms with Gasteiger partial charge in [-0.05, 0) is 55.8 Å². The van der Waals surface area contributed by atoms with Gasteiger partial charge in [0.15, 0.2) is 5.69 Å². The minimum Gasteiger partial charge on any atom is -0.493 e. The van der Waals surface area contributed by atoms with Crippen molar-refractivity contribution in [2.24, 2.45) is 10.2 Å². The molecule has 2 N–H and O–H groups in total. The molecule has 0 bridgehead atoms. The van der Waals surface area contributed by atoms with E-state index in [0.29, 0.717) is 23.1 Å². The van der Waals surface area contributed by atoms with Crippen LogP contribution in [0.15, 0.2) is 83.0 Å². The molecule has 0 radical (unpaired) electrons. The van der Waals surface area contributed by atoms with Crippen LogP contribution in [0.2, 0.25) is 5.02 Å². The normalized spacial score (nSPS) is 14.7. The van der Waals surface area contributed by atoms with Crippen LogP contribution in [0.5, 0.6) is 5.88 Å². The number of benzene rings is 3. The molecule has 1 amide bonds. The Balaban J connectivity index is 1.40. The summed E-state index contributed by atoms with van der Waals surface area (Å²) in [6.07, 6.45) is 3.54. The Labute approximate surface area is 219 Å². The molecular formula is C29H26ClN5O2. The maximum absolute atomic E-state index is 13.4. The van der Waals surface area contributed by atoms with Crippen molar-refractivity contribution in [3.8, 4) is 17.0 Å². The molecule has 1 fully saturated rings. The van der Waals surface area contributed by atoms with E-state index in [1.807, 2.05) is 71.3 Å². The highest BCUT2D eigenvalue weighted by molar-refractivity contribution is 6.31. The molecular weight excluding hydrogens is 486 g/mol. The van der Waals surface area contributed by atoms with E-state index < -0.39 is 5.91 Å². The van der Waals surface area contributed by atoms with E-state index in [4.69, 9.17) is 11.6 Å². The van der Waals surface area contributed by atoms with Crippen molar-refractivity contribution >= 4 is 45.0 Å². The number of aromatic nitrogens is 2. The van der Waals surface area contributed by atoms with Gasteiger partial charge in [-0.15, -0.1) is 10.2 Å². The van der Waals surface area contributed by atoms with Gasteiger partial charge in [-0.25, -0.2) is 0 Å². The average molecular weight is 512 g/mol. The van der Waals surface area contributed by atoms with Gasteiger partial charge in [0.1, 0.15) is 5.69 Å². The Hall–Kier alpha value is -3.94. The molecule has 5 aromatic rings. The molecule has 3 heterocycles. The van der Waals surface area contributed by atoms with Crippen molar-refractivity contribution in [2.75, 3.05) is 13.1 Å². The number of nitrogens with one attached hydrogen (secondary N) is 1. The maximum Gasteiger partial charge on any atom is 0.312 e. The molecule has 7 nitrogen and oxygen atoms in total. The zero-order valence-electron chi connectivity index (χ0n) is 20.2. The van der Waals surface area contributed by atoms with Crippen LogP contribution in [-0.2, 0) is 6.67 Å². The van der Waals surface area contributed by atoms with Gasteiger partial charge in [-0.2, -0.15) is 0 Å². The van der Waals surface area contributed by atoms with Gasteiger partial charge in [-0.1, -0.05) is 66.6 Å². The number of H-pyrrole nitrogens is 1. The topological polar surface area (TPSA) is 86.0 Å². The number of para-hydroxylation sites is 1. The van der Waals surface area contributed by atoms with Crippen LogP contribution in [0, 0.1) is 0 Å². The summed E-state index contributed by atoms with van der Waals surface area (Å²) in [6.45, 7) is 2.55. The van der Waals surface area contributed by atoms with Gasteiger partial charge >= 0.3 is 5.91 Å². The smallest absolute Gasteiger partial charge is 0.312 e. The predicted octanol–water partition coefficient (Wildman–Crippen LogP) is 7.52. The summed E-state index contributed by atoms with van der Waals surface area (Å²) < 4.78 is 1.85. The summed E-state index contributed by atoms with van der Waals surface area (Å²) in [6, 6.07) is 22.8. The van der Waals surface area contributed by atoms with Crippen LogP contribution in [0.4, 0.5) is 5.69 Å². The second kappa shape index (κ2) is 9.84. The quantitative estimate of drug-likeness (QED) is 0.239. The number of rotatable bonds is 5. The number of amides is 1. The molecule has 0 spiro atoms. The number of carbonyl (C=O) groups is 1. The first-order valence-corrected chi connectivity index (χ1v) is 12.8. The van der Waals surface area contributed by atoms with Crippen molar-refractivity contribution in [1.29, 1.82) is 0 Å². The highest BCUT2D eigenvalue weighted by Gasteiger charge is 2.22. The molecule has 0 aliphatic carbocycles. The third-order valence-corrected chi connectivity index (χ3v) is 7.22. The molecule has 37 heavy (non-hydrogen) atoms. The molecule has 2 aromatic heterocycles. The van der Waals surface area contributed by atoms with Crippen molar-refractivity contribution in [2.45, 2.75) is 25.9 Å². The van der Waals surface area contributed by atoms with E-state index in [-0.39, 0.29) is 5.88 Å². The minimum absolute atomic E-state index is 0.00929. The third-order valence-electron chi connectivity index (χ3n) is 6.99. The summed E-state index contributed by atoms with van der Waals surface area (Å²) in [5, 5.41) is 21.7. The number of hydrogen-bond acceptors (Lipinski definition) is 4. The molecule has 0 saturated carbocycles. The summed E-state index contributed by atoms with van der Waals surface area (Å²) >= 11 is 6.28. The van der Waals surface area contributed by atoms with E-state index in [2.05, 4.69) is 20.1 Å². The third kappa shape index (κ3) is 4.41. The number of piperidine rings is 1. The van der Waals surface area contributed by atoms with Gasteiger partial charge < -0.3 is 10.1 Å². The largest absolute Gasteiger partial charge is 0.493 e. The van der Waals surface area contributed by atoms with Crippen LogP contribution < -0.4 is 0 Å². The monoisotopic (exact) mass is 511 g/mol. The molecule has 3 aromatic carbocycles. The lowest BCUT2D eigenvalue weighted by atomic mass is 10.0. The number of fused-ring (bicyclic) bond motifs is 2. The fraction of sp³-hybridized carbons (Fsp3) is 0.207. The fourth-order valence-corrected chi connectivity index (χ4v) is 5.36. The molecule has 6 rings (SSSR count). The fourth-order valence-electron chi connectivity index (χ4n) is 5.19. The number of nitrogens with zero attached hydrogens (tertiary/aromatic N) is 4. The van der Waals surface area contributed by atoms with Crippen molar-refractivity contribution in [3.63, 3.8) is 0 Å². The van der Waals surface area contributed by atoms with Crippen molar-refractivity contribution in [3.05, 3.63) is 83.5 Å². The molecule has 8 heteroatoms. The van der Waals surface area contributed by atoms with E-state index in [1.165, 1.54) is 6.42 Å². The van der Waals surface area contributed by atoms with Crippen LogP contribution >= 0.6 is 11.6 Å². The summed E-state index contributed by atoms with van der Waals surface area (Å²) in [5.41, 5.74) is 3.85. The van der Waals surface area contributed by atoms with Crippen LogP contribution in [-0.4, -0.2) is 38.6 Å². The van der Waals surface area contributed by atoms with Gasteiger partial charge in [0.05, 0.1) is 12.2 Å². The van der Waals surface area contributed by atoms with E-state index in [9.17, 15) is 9.90 Å². The number of aromatic amines is 1. The Bertz CT molecular complexity index is 1630. The summed E-state index contributed by atoms with van der Waals surface area (Å²) in [5.74, 6) is -0.520. The molecule has 1 saturated heterocycles. The number of azo groups is 1. The Kier molecular flexibility index (Phi) is 6.24. The lowest BCUT2D eigenvalue weighted by Gasteiger charge is -2.27. The summed E-state index contributed by atoms with van der Waals surface area (Å²) in [4.78, 5) is 18.9. The number of likely N-dealkylation sites (tertiary alicyclic amines) is 1. The molecule has 0 unspecified atom stereocenters. The zero-order valence-corrected chi connectivity index (χ0v) is 20.9. The first-order chi connectivity index (χ1) is 18.1. The number of hydrogen-bond donors (Lipinski definition) is 2. The van der Waals surface area contributed by atoms with Crippen molar-refractivity contribution in [1.82, 2.24) is 14.5 Å². The highest BCUT2D eigenvalue weighted by Crippen LogP contribution is 2.40. The average Bonchev–Trinajstić information content (AvgIpc) is 3.43. The molecule has 0 atom stereocenters. The second-order valence-corrected chi connectivity index (χ2v) is 9.81. The first-order valence-electron chi connectivity index (χ1n) is 12.5. The van der Waals surface area contributed by atoms with Gasteiger partial charge in [0, 0.05) is 26.9 Å².